The molecule has 0 heterocycles. The fourth-order valence-electron chi connectivity index (χ4n) is 12.2. The fraction of sp³-hybridized carbons (Fsp3) is 0.273. The van der Waals surface area contributed by atoms with Crippen LogP contribution >= 0.6 is 0 Å². The first kappa shape index (κ1) is 43.9. The molecule has 2 nitrogen and oxygen atoms in total. The van der Waals surface area contributed by atoms with Crippen molar-refractivity contribution < 1.29 is 0 Å². The minimum atomic E-state index is -0.0388. The van der Waals surface area contributed by atoms with Crippen LogP contribution in [-0.4, -0.2) is 0 Å². The van der Waals surface area contributed by atoms with Gasteiger partial charge >= 0.3 is 0 Å². The highest BCUT2D eigenvalue weighted by atomic mass is 15.1. The van der Waals surface area contributed by atoms with Crippen molar-refractivity contribution >= 4 is 34.1 Å². The highest BCUT2D eigenvalue weighted by Gasteiger charge is 2.36. The SMILES string of the molecule is c1ccc(-c2ccc(N(c3ccc(C4CCCCC4)cc3)c3ccc(C4(c5ccc(N(c6ccc(-c7ccccc7)cc6)c6ccc(C7CCCCC7)cc6)cc5)CCCCC4)cc3)cc2)cc1. The number of rotatable bonds is 12. The summed E-state index contributed by atoms with van der Waals surface area (Å²) < 4.78 is 0. The first-order valence-electron chi connectivity index (χ1n) is 26.0. The van der Waals surface area contributed by atoms with Crippen LogP contribution in [0.3, 0.4) is 0 Å². The van der Waals surface area contributed by atoms with E-state index < -0.39 is 0 Å². The number of nitrogens with zero attached hydrogens (tertiary/aromatic N) is 2. The fourth-order valence-corrected chi connectivity index (χ4v) is 12.2. The normalized spacial score (nSPS) is 16.5. The summed E-state index contributed by atoms with van der Waals surface area (Å²) in [6.45, 7) is 0. The van der Waals surface area contributed by atoms with E-state index in [0.717, 1.165) is 12.8 Å². The van der Waals surface area contributed by atoms with Gasteiger partial charge in [-0.3, -0.25) is 0 Å². The first-order valence-corrected chi connectivity index (χ1v) is 26.0. The molecule has 3 aliphatic rings. The third-order valence-electron chi connectivity index (χ3n) is 16.0. The van der Waals surface area contributed by atoms with E-state index in [2.05, 4.69) is 216 Å². The van der Waals surface area contributed by atoms with E-state index >= 15 is 0 Å². The summed E-state index contributed by atoms with van der Waals surface area (Å²) in [6, 6.07) is 78.1. The average molecular weight is 887 g/mol. The van der Waals surface area contributed by atoms with Crippen molar-refractivity contribution in [1.82, 2.24) is 0 Å². The molecule has 0 saturated heterocycles. The molecule has 8 aromatic rings. The molecule has 11 rings (SSSR count). The molecule has 0 radical (unpaired) electrons. The lowest BCUT2D eigenvalue weighted by Crippen LogP contribution is -2.30. The van der Waals surface area contributed by atoms with Crippen LogP contribution in [-0.2, 0) is 5.41 Å². The van der Waals surface area contributed by atoms with Crippen molar-refractivity contribution in [3.63, 3.8) is 0 Å². The lowest BCUT2D eigenvalue weighted by Gasteiger charge is -2.39. The predicted octanol–water partition coefficient (Wildman–Crippen LogP) is 19.3. The molecule has 8 aromatic carbocycles. The number of hydrogen-bond donors (Lipinski definition) is 0. The Hall–Kier alpha value is -6.64. The van der Waals surface area contributed by atoms with E-state index in [4.69, 9.17) is 0 Å². The Kier molecular flexibility index (Phi) is 13.1. The molecule has 0 unspecified atom stereocenters. The van der Waals surface area contributed by atoms with Crippen molar-refractivity contribution in [1.29, 1.82) is 0 Å². The molecule has 0 spiro atoms. The molecule has 0 aliphatic heterocycles. The van der Waals surface area contributed by atoms with Gasteiger partial charge in [0.1, 0.15) is 0 Å². The van der Waals surface area contributed by atoms with Crippen molar-refractivity contribution in [2.24, 2.45) is 0 Å². The maximum absolute atomic E-state index is 2.45. The monoisotopic (exact) mass is 887 g/mol. The van der Waals surface area contributed by atoms with Crippen LogP contribution in [0.4, 0.5) is 34.1 Å². The van der Waals surface area contributed by atoms with Crippen molar-refractivity contribution in [2.45, 2.75) is 114 Å². The predicted molar refractivity (Wildman–Crippen MR) is 289 cm³/mol. The molecule has 0 bridgehead atoms. The van der Waals surface area contributed by atoms with E-state index in [9.17, 15) is 0 Å². The van der Waals surface area contributed by atoms with Gasteiger partial charge in [-0.05, 0) is 168 Å². The van der Waals surface area contributed by atoms with Gasteiger partial charge < -0.3 is 9.80 Å². The average Bonchev–Trinajstić information content (AvgIpc) is 3.43. The van der Waals surface area contributed by atoms with Gasteiger partial charge in [-0.15, -0.1) is 0 Å². The number of hydrogen-bond acceptors (Lipinski definition) is 2. The minimum Gasteiger partial charge on any atom is -0.311 e. The molecule has 0 aromatic heterocycles. The molecule has 3 fully saturated rings. The zero-order valence-electron chi connectivity index (χ0n) is 39.8. The largest absolute Gasteiger partial charge is 0.311 e. The Morgan fingerprint density at radius 1 is 0.265 bits per heavy atom. The van der Waals surface area contributed by atoms with E-state index in [0.29, 0.717) is 11.8 Å². The van der Waals surface area contributed by atoms with E-state index in [1.54, 1.807) is 0 Å². The molecular weight excluding hydrogens is 821 g/mol. The summed E-state index contributed by atoms with van der Waals surface area (Å²) in [5.41, 5.74) is 17.9. The topological polar surface area (TPSA) is 6.48 Å². The molecule has 0 atom stereocenters. The summed E-state index contributed by atoms with van der Waals surface area (Å²) >= 11 is 0. The summed E-state index contributed by atoms with van der Waals surface area (Å²) in [5, 5.41) is 0. The Morgan fingerprint density at radius 2 is 0.544 bits per heavy atom. The van der Waals surface area contributed by atoms with Gasteiger partial charge in [-0.2, -0.15) is 0 Å². The molecule has 0 amide bonds. The van der Waals surface area contributed by atoms with Crippen LogP contribution in [0.1, 0.15) is 130 Å². The van der Waals surface area contributed by atoms with E-state index in [1.165, 1.54) is 162 Å². The second-order valence-electron chi connectivity index (χ2n) is 20.1. The minimum absolute atomic E-state index is 0.0388. The van der Waals surface area contributed by atoms with Crippen molar-refractivity contribution in [3.05, 3.63) is 229 Å². The van der Waals surface area contributed by atoms with Gasteiger partial charge in [0.15, 0.2) is 0 Å². The second-order valence-corrected chi connectivity index (χ2v) is 20.1. The van der Waals surface area contributed by atoms with Crippen LogP contribution < -0.4 is 9.80 Å². The van der Waals surface area contributed by atoms with Gasteiger partial charge in [0.2, 0.25) is 0 Å². The third-order valence-corrected chi connectivity index (χ3v) is 16.0. The maximum atomic E-state index is 2.45. The smallest absolute Gasteiger partial charge is 0.0462 e. The van der Waals surface area contributed by atoms with Gasteiger partial charge in [0.05, 0.1) is 0 Å². The number of benzene rings is 8. The van der Waals surface area contributed by atoms with Gasteiger partial charge in [0.25, 0.3) is 0 Å². The van der Waals surface area contributed by atoms with Crippen molar-refractivity contribution in [2.75, 3.05) is 9.80 Å². The van der Waals surface area contributed by atoms with Gasteiger partial charge in [0, 0.05) is 39.5 Å². The van der Waals surface area contributed by atoms with Crippen LogP contribution in [0.15, 0.2) is 206 Å². The van der Waals surface area contributed by atoms with E-state index in [1.807, 2.05) is 0 Å². The zero-order chi connectivity index (χ0) is 45.5. The van der Waals surface area contributed by atoms with Gasteiger partial charge in [-0.1, -0.05) is 191 Å². The molecule has 68 heavy (non-hydrogen) atoms. The zero-order valence-corrected chi connectivity index (χ0v) is 39.8. The maximum Gasteiger partial charge on any atom is 0.0462 e. The summed E-state index contributed by atoms with van der Waals surface area (Å²) in [7, 11) is 0. The first-order chi connectivity index (χ1) is 33.7. The Bertz CT molecular complexity index is 2620. The molecule has 3 saturated carbocycles. The molecule has 3 aliphatic carbocycles. The summed E-state index contributed by atoms with van der Waals surface area (Å²) in [6.07, 6.45) is 19.5. The van der Waals surface area contributed by atoms with Crippen LogP contribution in [0.25, 0.3) is 22.3 Å². The summed E-state index contributed by atoms with van der Waals surface area (Å²) in [4.78, 5) is 4.91. The second kappa shape index (κ2) is 20.3. The molecule has 340 valence electrons. The quantitative estimate of drug-likeness (QED) is 0.121. The van der Waals surface area contributed by atoms with Crippen molar-refractivity contribution in [3.8, 4) is 22.3 Å². The Labute approximate surface area is 406 Å². The number of anilines is 6. The molecule has 2 heteroatoms. The standard InChI is InChI=1S/C66H66N2/c1-6-16-50(17-7-1)54-24-36-60(37-25-54)67(61-38-26-55(27-39-61)51-18-8-2-9-19-51)64-44-32-58(33-45-64)66(48-14-5-15-49-66)59-34-46-65(47-35-59)68(62-40-28-56(29-41-62)52-20-10-3-11-21-52)63-42-30-57(31-43-63)53-22-12-4-13-23-53/h1,3,6-7,10-11,16-17,20-21,24-47,51,53H,2,4-5,8-9,12-15,18-19,22-23,48-49H2. The lowest BCUT2D eigenvalue weighted by atomic mass is 9.65. The highest BCUT2D eigenvalue weighted by molar-refractivity contribution is 5.80. The Balaban J connectivity index is 0.918. The lowest BCUT2D eigenvalue weighted by molar-refractivity contribution is 0.346. The van der Waals surface area contributed by atoms with Gasteiger partial charge in [-0.25, -0.2) is 0 Å². The highest BCUT2D eigenvalue weighted by Crippen LogP contribution is 2.48. The summed E-state index contributed by atoms with van der Waals surface area (Å²) in [5.74, 6) is 1.37. The third kappa shape index (κ3) is 9.31. The Morgan fingerprint density at radius 3 is 0.882 bits per heavy atom. The molecular formula is C66H66N2. The van der Waals surface area contributed by atoms with Crippen LogP contribution in [0, 0.1) is 0 Å². The van der Waals surface area contributed by atoms with Crippen LogP contribution in [0.5, 0.6) is 0 Å². The van der Waals surface area contributed by atoms with E-state index in [-0.39, 0.29) is 5.41 Å². The molecule has 0 N–H and O–H groups in total. The van der Waals surface area contributed by atoms with Crippen LogP contribution in [0.2, 0.25) is 0 Å².